The third-order valence-corrected chi connectivity index (χ3v) is 5.64. The fraction of sp³-hybridized carbons (Fsp3) is 0.120. The summed E-state index contributed by atoms with van der Waals surface area (Å²) >= 11 is 0. The normalized spacial score (nSPS) is 13.8. The van der Waals surface area contributed by atoms with Crippen LogP contribution < -0.4 is 5.48 Å². The SMILES string of the molecule is O=C(CONC(=O)OCC1c2ccccc2-c2ccccc21)ON1C(=O)c2ccccc2C1=O. The lowest BCUT2D eigenvalue weighted by molar-refractivity contribution is -0.175. The number of carbonyl (C=O) groups excluding carboxylic acids is 4. The Morgan fingerprint density at radius 2 is 1.26 bits per heavy atom. The number of benzene rings is 3. The molecule has 0 saturated heterocycles. The van der Waals surface area contributed by atoms with E-state index in [1.54, 1.807) is 12.1 Å². The van der Waals surface area contributed by atoms with Crippen LogP contribution >= 0.6 is 0 Å². The van der Waals surface area contributed by atoms with Crippen LogP contribution in [-0.2, 0) is 19.2 Å². The van der Waals surface area contributed by atoms with E-state index in [1.807, 2.05) is 54.0 Å². The summed E-state index contributed by atoms with van der Waals surface area (Å²) in [6, 6.07) is 21.9. The van der Waals surface area contributed by atoms with Crippen LogP contribution in [0.25, 0.3) is 11.1 Å². The van der Waals surface area contributed by atoms with Crippen molar-refractivity contribution in [3.05, 3.63) is 95.1 Å². The Kier molecular flexibility index (Phi) is 5.52. The Bertz CT molecular complexity index is 1240. The van der Waals surface area contributed by atoms with Gasteiger partial charge in [-0.15, -0.1) is 0 Å². The molecule has 0 bridgehead atoms. The van der Waals surface area contributed by atoms with Crippen molar-refractivity contribution in [3.63, 3.8) is 0 Å². The summed E-state index contributed by atoms with van der Waals surface area (Å²) in [7, 11) is 0. The van der Waals surface area contributed by atoms with E-state index in [2.05, 4.69) is 0 Å². The van der Waals surface area contributed by atoms with Crippen LogP contribution in [0.5, 0.6) is 0 Å². The lowest BCUT2D eigenvalue weighted by Gasteiger charge is -2.15. The smallest absolute Gasteiger partial charge is 0.431 e. The number of rotatable bonds is 6. The molecule has 5 rings (SSSR count). The summed E-state index contributed by atoms with van der Waals surface area (Å²) in [6.45, 7) is -0.666. The highest BCUT2D eigenvalue weighted by Crippen LogP contribution is 2.44. The predicted octanol–water partition coefficient (Wildman–Crippen LogP) is 3.21. The number of nitrogens with one attached hydrogen (secondary N) is 1. The Morgan fingerprint density at radius 3 is 1.82 bits per heavy atom. The van der Waals surface area contributed by atoms with E-state index in [-0.39, 0.29) is 23.7 Å². The first kappa shape index (κ1) is 21.4. The Morgan fingerprint density at radius 1 is 0.765 bits per heavy atom. The molecule has 2 aliphatic rings. The molecule has 0 saturated carbocycles. The van der Waals surface area contributed by atoms with Crippen molar-refractivity contribution in [2.45, 2.75) is 5.92 Å². The van der Waals surface area contributed by atoms with Crippen molar-refractivity contribution in [3.8, 4) is 11.1 Å². The molecule has 9 heteroatoms. The highest BCUT2D eigenvalue weighted by Gasteiger charge is 2.38. The van der Waals surface area contributed by atoms with Gasteiger partial charge in [0.15, 0.2) is 6.61 Å². The lowest BCUT2D eigenvalue weighted by atomic mass is 9.98. The van der Waals surface area contributed by atoms with Crippen LogP contribution in [0, 0.1) is 0 Å². The van der Waals surface area contributed by atoms with E-state index in [4.69, 9.17) is 14.4 Å². The van der Waals surface area contributed by atoms with E-state index in [0.717, 1.165) is 22.3 Å². The topological polar surface area (TPSA) is 111 Å². The van der Waals surface area contributed by atoms with Gasteiger partial charge in [-0.2, -0.15) is 5.48 Å². The van der Waals surface area contributed by atoms with Gasteiger partial charge in [0.2, 0.25) is 0 Å². The number of hydroxylamine groups is 3. The maximum Gasteiger partial charge on any atom is 0.431 e. The molecule has 1 aliphatic carbocycles. The Hall–Kier alpha value is -4.50. The quantitative estimate of drug-likeness (QED) is 0.446. The third kappa shape index (κ3) is 3.78. The first-order valence-electron chi connectivity index (χ1n) is 10.5. The molecule has 3 aromatic rings. The minimum atomic E-state index is -1.05. The maximum absolute atomic E-state index is 12.2. The van der Waals surface area contributed by atoms with E-state index >= 15 is 0 Å². The fourth-order valence-corrected chi connectivity index (χ4v) is 4.16. The van der Waals surface area contributed by atoms with E-state index in [1.165, 1.54) is 12.1 Å². The molecule has 9 nitrogen and oxygen atoms in total. The van der Waals surface area contributed by atoms with Crippen molar-refractivity contribution in [2.24, 2.45) is 0 Å². The molecule has 1 heterocycles. The monoisotopic (exact) mass is 458 g/mol. The van der Waals surface area contributed by atoms with Crippen LogP contribution in [0.15, 0.2) is 72.8 Å². The first-order chi connectivity index (χ1) is 16.5. The molecule has 0 atom stereocenters. The predicted molar refractivity (Wildman–Crippen MR) is 117 cm³/mol. The number of carbonyl (C=O) groups is 4. The Balaban J connectivity index is 1.11. The van der Waals surface area contributed by atoms with E-state index in [9.17, 15) is 19.2 Å². The van der Waals surface area contributed by atoms with Gasteiger partial charge in [-0.3, -0.25) is 14.4 Å². The molecule has 34 heavy (non-hydrogen) atoms. The average molecular weight is 458 g/mol. The van der Waals surface area contributed by atoms with Crippen molar-refractivity contribution in [2.75, 3.05) is 13.2 Å². The highest BCUT2D eigenvalue weighted by atomic mass is 16.8. The summed E-state index contributed by atoms with van der Waals surface area (Å²) in [6.07, 6.45) is -0.893. The molecule has 3 aromatic carbocycles. The van der Waals surface area contributed by atoms with Gasteiger partial charge in [-0.1, -0.05) is 65.7 Å². The zero-order valence-corrected chi connectivity index (χ0v) is 17.7. The maximum atomic E-state index is 12.2. The zero-order chi connectivity index (χ0) is 23.7. The van der Waals surface area contributed by atoms with E-state index < -0.39 is 30.5 Å². The molecule has 0 aromatic heterocycles. The van der Waals surface area contributed by atoms with Gasteiger partial charge < -0.3 is 9.57 Å². The molecule has 3 amide bonds. The summed E-state index contributed by atoms with van der Waals surface area (Å²) in [4.78, 5) is 58.1. The van der Waals surface area contributed by atoms with Crippen molar-refractivity contribution < 1.29 is 33.6 Å². The van der Waals surface area contributed by atoms with Crippen molar-refractivity contribution >= 4 is 23.9 Å². The van der Waals surface area contributed by atoms with Crippen molar-refractivity contribution in [1.29, 1.82) is 0 Å². The summed E-state index contributed by atoms with van der Waals surface area (Å²) in [5.74, 6) is -2.68. The molecule has 0 fully saturated rings. The summed E-state index contributed by atoms with van der Waals surface area (Å²) in [5, 5.41) is 0.365. The number of amides is 3. The summed E-state index contributed by atoms with van der Waals surface area (Å²) < 4.78 is 5.29. The summed E-state index contributed by atoms with van der Waals surface area (Å²) in [5.41, 5.74) is 6.58. The van der Waals surface area contributed by atoms with Crippen LogP contribution in [-0.4, -0.2) is 42.2 Å². The molecule has 1 N–H and O–H groups in total. The molecule has 0 radical (unpaired) electrons. The standard InChI is InChI=1S/C25H18N2O7/c28-22(34-27-23(29)19-11-5-6-12-20(19)24(27)30)14-33-26-25(31)32-13-21-17-9-3-1-7-15(17)16-8-2-4-10-18(16)21/h1-12,21H,13-14H2,(H,26,31). The number of hydrogen-bond acceptors (Lipinski definition) is 7. The first-order valence-corrected chi connectivity index (χ1v) is 10.5. The second-order valence-corrected chi connectivity index (χ2v) is 7.63. The minimum absolute atomic E-state index is 0.0721. The van der Waals surface area contributed by atoms with Gasteiger partial charge in [-0.05, 0) is 34.4 Å². The molecule has 0 spiro atoms. The fourth-order valence-electron chi connectivity index (χ4n) is 4.16. The van der Waals surface area contributed by atoms with Crippen LogP contribution in [0.4, 0.5) is 4.79 Å². The van der Waals surface area contributed by atoms with Gasteiger partial charge in [0.25, 0.3) is 11.8 Å². The third-order valence-electron chi connectivity index (χ3n) is 5.64. The molecule has 170 valence electrons. The van der Waals surface area contributed by atoms with Gasteiger partial charge in [-0.25, -0.2) is 9.59 Å². The largest absolute Gasteiger partial charge is 0.447 e. The average Bonchev–Trinajstić information content (AvgIpc) is 3.30. The lowest BCUT2D eigenvalue weighted by Crippen LogP contribution is -2.35. The highest BCUT2D eigenvalue weighted by molar-refractivity contribution is 6.20. The minimum Gasteiger partial charge on any atom is -0.447 e. The van der Waals surface area contributed by atoms with Crippen LogP contribution in [0.3, 0.4) is 0 Å². The second kappa shape index (κ2) is 8.80. The van der Waals surface area contributed by atoms with Crippen LogP contribution in [0.2, 0.25) is 0 Å². The zero-order valence-electron chi connectivity index (χ0n) is 17.7. The van der Waals surface area contributed by atoms with Gasteiger partial charge in [0.1, 0.15) is 6.61 Å². The number of hydrogen-bond donors (Lipinski definition) is 1. The van der Waals surface area contributed by atoms with Crippen molar-refractivity contribution in [1.82, 2.24) is 10.5 Å². The van der Waals surface area contributed by atoms with Gasteiger partial charge in [0, 0.05) is 5.92 Å². The molecular formula is C25H18N2O7. The number of nitrogens with zero attached hydrogens (tertiary/aromatic N) is 1. The molecular weight excluding hydrogens is 440 g/mol. The van der Waals surface area contributed by atoms with E-state index in [0.29, 0.717) is 5.06 Å². The molecule has 1 aliphatic heterocycles. The number of imide groups is 1. The Labute approximate surface area is 193 Å². The second-order valence-electron chi connectivity index (χ2n) is 7.63. The molecule has 0 unspecified atom stereocenters. The van der Waals surface area contributed by atoms with Gasteiger partial charge >= 0.3 is 12.1 Å². The number of ether oxygens (including phenoxy) is 1. The number of fused-ring (bicyclic) bond motifs is 4. The van der Waals surface area contributed by atoms with Crippen LogP contribution in [0.1, 0.15) is 37.8 Å². The van der Waals surface area contributed by atoms with Gasteiger partial charge in [0.05, 0.1) is 11.1 Å².